The largest absolute Gasteiger partial charge is 0.330 e. The highest BCUT2D eigenvalue weighted by Crippen LogP contribution is 1.98. The third-order valence-corrected chi connectivity index (χ3v) is 1.21. The topological polar surface area (TPSA) is 26.0 Å². The van der Waals surface area contributed by atoms with Crippen molar-refractivity contribution in [3.05, 3.63) is 11.6 Å². The summed E-state index contributed by atoms with van der Waals surface area (Å²) in [6, 6.07) is 0. The highest BCUT2D eigenvalue weighted by Gasteiger charge is 1.81. The Labute approximate surface area is 57.9 Å². The third kappa shape index (κ3) is 7.70. The average molecular weight is 127 g/mol. The molecule has 0 heterocycles. The summed E-state index contributed by atoms with van der Waals surface area (Å²) in [7, 11) is 0. The van der Waals surface area contributed by atoms with Crippen molar-refractivity contribution in [1.29, 1.82) is 0 Å². The zero-order valence-corrected chi connectivity index (χ0v) is 6.48. The molecule has 2 N–H and O–H groups in total. The second-order valence-electron chi connectivity index (χ2n) is 2.57. The van der Waals surface area contributed by atoms with E-state index in [9.17, 15) is 0 Å². The van der Waals surface area contributed by atoms with Gasteiger partial charge in [0.25, 0.3) is 0 Å². The van der Waals surface area contributed by atoms with E-state index in [1.54, 1.807) is 0 Å². The number of hydrogen-bond donors (Lipinski definition) is 1. The van der Waals surface area contributed by atoms with Gasteiger partial charge in [-0.25, -0.2) is 0 Å². The van der Waals surface area contributed by atoms with Crippen molar-refractivity contribution in [2.45, 2.75) is 33.1 Å². The summed E-state index contributed by atoms with van der Waals surface area (Å²) in [4.78, 5) is 0. The Balaban J connectivity index is 3.00. The maximum Gasteiger partial charge on any atom is -0.00772 e. The second kappa shape index (κ2) is 5.83. The van der Waals surface area contributed by atoms with Crippen LogP contribution in [0.2, 0.25) is 0 Å². The van der Waals surface area contributed by atoms with E-state index in [2.05, 4.69) is 19.9 Å². The first-order chi connectivity index (χ1) is 4.27. The van der Waals surface area contributed by atoms with Crippen molar-refractivity contribution < 1.29 is 0 Å². The lowest BCUT2D eigenvalue weighted by Crippen LogP contribution is -1.96. The van der Waals surface area contributed by atoms with Crippen LogP contribution in [0, 0.1) is 0 Å². The highest BCUT2D eigenvalue weighted by atomic mass is 14.5. The van der Waals surface area contributed by atoms with Gasteiger partial charge in [0.15, 0.2) is 0 Å². The van der Waals surface area contributed by atoms with E-state index in [4.69, 9.17) is 5.73 Å². The van der Waals surface area contributed by atoms with Crippen LogP contribution in [-0.2, 0) is 0 Å². The quantitative estimate of drug-likeness (QED) is 0.454. The molecule has 0 saturated carbocycles. The molecule has 0 amide bonds. The van der Waals surface area contributed by atoms with E-state index in [1.165, 1.54) is 18.4 Å². The Hall–Kier alpha value is -0.300. The summed E-state index contributed by atoms with van der Waals surface area (Å²) in [5, 5.41) is 0. The Morgan fingerprint density at radius 1 is 1.33 bits per heavy atom. The van der Waals surface area contributed by atoms with Crippen molar-refractivity contribution in [3.8, 4) is 0 Å². The minimum absolute atomic E-state index is 0.830. The van der Waals surface area contributed by atoms with Crippen LogP contribution >= 0.6 is 0 Å². The fraction of sp³-hybridized carbons (Fsp3) is 0.750. The smallest absolute Gasteiger partial charge is 0.00772 e. The molecule has 54 valence electrons. The lowest BCUT2D eigenvalue weighted by atomic mass is 10.2. The molecule has 1 heteroatoms. The van der Waals surface area contributed by atoms with Crippen molar-refractivity contribution in [2.75, 3.05) is 6.54 Å². The van der Waals surface area contributed by atoms with E-state index < -0.39 is 0 Å². The molecular weight excluding hydrogens is 110 g/mol. The van der Waals surface area contributed by atoms with Crippen LogP contribution in [0.15, 0.2) is 11.6 Å². The molecular formula is C8H17N. The van der Waals surface area contributed by atoms with E-state index in [0.717, 1.165) is 13.0 Å². The van der Waals surface area contributed by atoms with Gasteiger partial charge < -0.3 is 5.73 Å². The van der Waals surface area contributed by atoms with Crippen LogP contribution < -0.4 is 5.73 Å². The van der Waals surface area contributed by atoms with Gasteiger partial charge in [-0.2, -0.15) is 0 Å². The van der Waals surface area contributed by atoms with Gasteiger partial charge in [-0.1, -0.05) is 11.6 Å². The van der Waals surface area contributed by atoms with Crippen LogP contribution in [0.3, 0.4) is 0 Å². The predicted octanol–water partition coefficient (Wildman–Crippen LogP) is 2.08. The second-order valence-corrected chi connectivity index (χ2v) is 2.57. The highest BCUT2D eigenvalue weighted by molar-refractivity contribution is 4.92. The molecule has 0 aliphatic heterocycles. The van der Waals surface area contributed by atoms with Gasteiger partial charge in [-0.15, -0.1) is 0 Å². The van der Waals surface area contributed by atoms with Gasteiger partial charge in [0.1, 0.15) is 0 Å². The van der Waals surface area contributed by atoms with Gasteiger partial charge in [-0.3, -0.25) is 0 Å². The maximum atomic E-state index is 5.32. The Kier molecular flexibility index (Phi) is 5.64. The van der Waals surface area contributed by atoms with Crippen LogP contribution in [0.1, 0.15) is 33.1 Å². The maximum absolute atomic E-state index is 5.32. The average Bonchev–Trinajstić information content (AvgIpc) is 1.80. The van der Waals surface area contributed by atoms with E-state index in [1.807, 2.05) is 0 Å². The summed E-state index contributed by atoms with van der Waals surface area (Å²) in [6.07, 6.45) is 5.85. The molecule has 1 nitrogen and oxygen atoms in total. The minimum atomic E-state index is 0.830. The number of unbranched alkanes of at least 4 members (excludes halogenated alkanes) is 2. The zero-order valence-electron chi connectivity index (χ0n) is 6.48. The van der Waals surface area contributed by atoms with Crippen molar-refractivity contribution in [1.82, 2.24) is 0 Å². The zero-order chi connectivity index (χ0) is 7.11. The van der Waals surface area contributed by atoms with E-state index >= 15 is 0 Å². The monoisotopic (exact) mass is 127 g/mol. The van der Waals surface area contributed by atoms with Gasteiger partial charge >= 0.3 is 0 Å². The number of rotatable bonds is 4. The van der Waals surface area contributed by atoms with Crippen LogP contribution in [-0.4, -0.2) is 6.54 Å². The van der Waals surface area contributed by atoms with Gasteiger partial charge in [0.2, 0.25) is 0 Å². The molecule has 0 rings (SSSR count). The Morgan fingerprint density at radius 3 is 2.44 bits per heavy atom. The molecule has 0 bridgehead atoms. The molecule has 0 aromatic rings. The van der Waals surface area contributed by atoms with Crippen LogP contribution in [0.5, 0.6) is 0 Å². The number of nitrogens with two attached hydrogens (primary N) is 1. The molecule has 0 aromatic heterocycles. The standard InChI is InChI=1S/C8H17N/c1-8(2)6-4-3-5-7-9/h6H,3-5,7,9H2,1-2H3. The first-order valence-corrected chi connectivity index (χ1v) is 3.61. The van der Waals surface area contributed by atoms with E-state index in [-0.39, 0.29) is 0 Å². The van der Waals surface area contributed by atoms with E-state index in [0.29, 0.717) is 0 Å². The van der Waals surface area contributed by atoms with Gasteiger partial charge in [0.05, 0.1) is 0 Å². The summed E-state index contributed by atoms with van der Waals surface area (Å²) >= 11 is 0. The van der Waals surface area contributed by atoms with Crippen molar-refractivity contribution in [3.63, 3.8) is 0 Å². The van der Waals surface area contributed by atoms with Gasteiger partial charge in [-0.05, 0) is 39.7 Å². The predicted molar refractivity (Wildman–Crippen MR) is 42.3 cm³/mol. The molecule has 0 aliphatic carbocycles. The first kappa shape index (κ1) is 8.70. The summed E-state index contributed by atoms with van der Waals surface area (Å²) in [5.41, 5.74) is 6.73. The molecule has 0 fully saturated rings. The number of hydrogen-bond acceptors (Lipinski definition) is 1. The van der Waals surface area contributed by atoms with Crippen molar-refractivity contribution in [2.24, 2.45) is 5.73 Å². The van der Waals surface area contributed by atoms with Crippen molar-refractivity contribution >= 4 is 0 Å². The Morgan fingerprint density at radius 2 is 2.00 bits per heavy atom. The fourth-order valence-corrected chi connectivity index (χ4v) is 0.679. The first-order valence-electron chi connectivity index (χ1n) is 3.61. The van der Waals surface area contributed by atoms with Crippen LogP contribution in [0.4, 0.5) is 0 Å². The fourth-order valence-electron chi connectivity index (χ4n) is 0.679. The Bertz CT molecular complexity index is 80.6. The molecule has 0 atom stereocenters. The molecule has 0 aromatic carbocycles. The summed E-state index contributed by atoms with van der Waals surface area (Å²) in [5.74, 6) is 0. The molecule has 0 radical (unpaired) electrons. The molecule has 0 spiro atoms. The normalized spacial score (nSPS) is 9.22. The van der Waals surface area contributed by atoms with Crippen LogP contribution in [0.25, 0.3) is 0 Å². The molecule has 0 aliphatic rings. The molecule has 9 heavy (non-hydrogen) atoms. The third-order valence-electron chi connectivity index (χ3n) is 1.21. The van der Waals surface area contributed by atoms with Gasteiger partial charge in [0, 0.05) is 0 Å². The summed E-state index contributed by atoms with van der Waals surface area (Å²) in [6.45, 7) is 5.08. The lowest BCUT2D eigenvalue weighted by molar-refractivity contribution is 0.756. The minimum Gasteiger partial charge on any atom is -0.330 e. The lowest BCUT2D eigenvalue weighted by Gasteiger charge is -1.92. The molecule has 0 unspecified atom stereocenters. The SMILES string of the molecule is CC(C)=CCCCCN. The summed E-state index contributed by atoms with van der Waals surface area (Å²) < 4.78 is 0. The molecule has 0 saturated heterocycles. The number of allylic oxidation sites excluding steroid dienone is 2.